The van der Waals surface area contributed by atoms with Crippen molar-refractivity contribution < 1.29 is 4.79 Å². The predicted octanol–water partition coefficient (Wildman–Crippen LogP) is 1.48. The summed E-state index contributed by atoms with van der Waals surface area (Å²) in [6.07, 6.45) is 4.46. The van der Waals surface area contributed by atoms with Crippen molar-refractivity contribution in [3.63, 3.8) is 0 Å². The third-order valence-electron chi connectivity index (χ3n) is 2.69. The fourth-order valence-electron chi connectivity index (χ4n) is 1.61. The Balaban J connectivity index is 2.14. The van der Waals surface area contributed by atoms with Crippen LogP contribution in [-0.2, 0) is 0 Å². The number of hydrogen-bond donors (Lipinski definition) is 2. The number of H-pyrrole nitrogens is 1. The lowest BCUT2D eigenvalue weighted by Crippen LogP contribution is -2.29. The van der Waals surface area contributed by atoms with Crippen LogP contribution in [0.25, 0.3) is 0 Å². The molecule has 16 heavy (non-hydrogen) atoms. The molecule has 0 aromatic carbocycles. The van der Waals surface area contributed by atoms with E-state index >= 15 is 0 Å². The molecular weight excluding hydrogens is 202 g/mol. The van der Waals surface area contributed by atoms with Gasteiger partial charge in [0.2, 0.25) is 0 Å². The van der Waals surface area contributed by atoms with Gasteiger partial charge in [-0.15, -0.1) is 0 Å². The van der Waals surface area contributed by atoms with Crippen molar-refractivity contribution in [1.29, 1.82) is 0 Å². The second-order valence-corrected chi connectivity index (χ2v) is 3.74. The van der Waals surface area contributed by atoms with Gasteiger partial charge in [0.15, 0.2) is 0 Å². The Kier molecular flexibility index (Phi) is 5.64. The topological polar surface area (TPSA) is 48.1 Å². The van der Waals surface area contributed by atoms with E-state index in [1.807, 2.05) is 0 Å². The molecule has 1 aromatic rings. The van der Waals surface area contributed by atoms with Gasteiger partial charge in [-0.2, -0.15) is 0 Å². The third-order valence-corrected chi connectivity index (χ3v) is 2.69. The summed E-state index contributed by atoms with van der Waals surface area (Å²) >= 11 is 0. The van der Waals surface area contributed by atoms with Crippen LogP contribution in [0, 0.1) is 0 Å². The Bertz CT molecular complexity index is 291. The molecule has 1 rings (SSSR count). The average Bonchev–Trinajstić information content (AvgIpc) is 2.82. The van der Waals surface area contributed by atoms with Gasteiger partial charge in [-0.25, -0.2) is 0 Å². The van der Waals surface area contributed by atoms with Crippen LogP contribution in [-0.4, -0.2) is 42.0 Å². The first-order valence-electron chi connectivity index (χ1n) is 5.91. The molecule has 0 radical (unpaired) electrons. The lowest BCUT2D eigenvalue weighted by atomic mass is 10.3. The lowest BCUT2D eigenvalue weighted by Gasteiger charge is -2.17. The minimum absolute atomic E-state index is 0.000738. The van der Waals surface area contributed by atoms with E-state index in [2.05, 4.69) is 29.0 Å². The number of carbonyl (C=O) groups is 1. The highest BCUT2D eigenvalue weighted by Gasteiger charge is 2.04. The van der Waals surface area contributed by atoms with Gasteiger partial charge in [-0.1, -0.05) is 13.8 Å². The molecule has 2 N–H and O–H groups in total. The zero-order valence-corrected chi connectivity index (χ0v) is 10.1. The molecular formula is C12H21N3O. The van der Waals surface area contributed by atoms with Gasteiger partial charge >= 0.3 is 0 Å². The van der Waals surface area contributed by atoms with Gasteiger partial charge < -0.3 is 15.2 Å². The average molecular weight is 223 g/mol. The van der Waals surface area contributed by atoms with Crippen molar-refractivity contribution in [1.82, 2.24) is 15.2 Å². The quantitative estimate of drug-likeness (QED) is 0.688. The summed E-state index contributed by atoms with van der Waals surface area (Å²) in [7, 11) is 0. The number of rotatable bonds is 7. The lowest BCUT2D eigenvalue weighted by molar-refractivity contribution is 0.0952. The third kappa shape index (κ3) is 4.06. The van der Waals surface area contributed by atoms with Crippen LogP contribution >= 0.6 is 0 Å². The van der Waals surface area contributed by atoms with E-state index in [-0.39, 0.29) is 5.91 Å². The Morgan fingerprint density at radius 3 is 2.75 bits per heavy atom. The van der Waals surface area contributed by atoms with Crippen molar-refractivity contribution in [2.24, 2.45) is 0 Å². The van der Waals surface area contributed by atoms with Gasteiger partial charge in [0.25, 0.3) is 5.91 Å². The summed E-state index contributed by atoms with van der Waals surface area (Å²) in [5.74, 6) is 0.000738. The zero-order valence-electron chi connectivity index (χ0n) is 10.1. The van der Waals surface area contributed by atoms with Crippen LogP contribution in [0.2, 0.25) is 0 Å². The van der Waals surface area contributed by atoms with Crippen molar-refractivity contribution >= 4 is 5.91 Å². The van der Waals surface area contributed by atoms with Crippen LogP contribution in [0.4, 0.5) is 0 Å². The minimum atomic E-state index is 0.000738. The fourth-order valence-corrected chi connectivity index (χ4v) is 1.61. The van der Waals surface area contributed by atoms with E-state index in [0.29, 0.717) is 5.56 Å². The molecule has 90 valence electrons. The highest BCUT2D eigenvalue weighted by molar-refractivity contribution is 5.93. The van der Waals surface area contributed by atoms with Gasteiger partial charge in [-0.05, 0) is 32.1 Å². The SMILES string of the molecule is CCN(CC)CCCNC(=O)c1cc[nH]c1. The van der Waals surface area contributed by atoms with Crippen LogP contribution in [0.3, 0.4) is 0 Å². The summed E-state index contributed by atoms with van der Waals surface area (Å²) in [6.45, 7) is 8.23. The first-order chi connectivity index (χ1) is 7.77. The molecule has 0 spiro atoms. The summed E-state index contributed by atoms with van der Waals surface area (Å²) < 4.78 is 0. The van der Waals surface area contributed by atoms with Crippen LogP contribution in [0.15, 0.2) is 18.5 Å². The van der Waals surface area contributed by atoms with Crippen molar-refractivity contribution in [2.45, 2.75) is 20.3 Å². The maximum atomic E-state index is 11.5. The predicted molar refractivity (Wildman–Crippen MR) is 65.5 cm³/mol. The molecule has 4 heteroatoms. The number of amides is 1. The monoisotopic (exact) mass is 223 g/mol. The fraction of sp³-hybridized carbons (Fsp3) is 0.583. The highest BCUT2D eigenvalue weighted by Crippen LogP contribution is 1.96. The zero-order chi connectivity index (χ0) is 11.8. The molecule has 0 aliphatic heterocycles. The molecule has 1 amide bonds. The number of nitrogens with zero attached hydrogens (tertiary/aromatic N) is 1. The van der Waals surface area contributed by atoms with E-state index in [1.165, 1.54) is 0 Å². The van der Waals surface area contributed by atoms with Crippen molar-refractivity contribution in [3.8, 4) is 0 Å². The molecule has 0 unspecified atom stereocenters. The number of aromatic amines is 1. The number of aromatic nitrogens is 1. The maximum absolute atomic E-state index is 11.5. The summed E-state index contributed by atoms with van der Waals surface area (Å²) in [6, 6.07) is 1.78. The normalized spacial score (nSPS) is 10.7. The smallest absolute Gasteiger partial charge is 0.252 e. The van der Waals surface area contributed by atoms with E-state index < -0.39 is 0 Å². The highest BCUT2D eigenvalue weighted by atomic mass is 16.1. The molecule has 0 aliphatic carbocycles. The van der Waals surface area contributed by atoms with Gasteiger partial charge in [0, 0.05) is 18.9 Å². The Morgan fingerprint density at radius 1 is 1.44 bits per heavy atom. The molecule has 1 heterocycles. The summed E-state index contributed by atoms with van der Waals surface area (Å²) in [5, 5.41) is 2.90. The molecule has 0 aliphatic rings. The Labute approximate surface area is 97.0 Å². The maximum Gasteiger partial charge on any atom is 0.252 e. The molecule has 0 atom stereocenters. The van der Waals surface area contributed by atoms with Crippen LogP contribution in [0.5, 0.6) is 0 Å². The largest absolute Gasteiger partial charge is 0.367 e. The summed E-state index contributed by atoms with van der Waals surface area (Å²) in [5.41, 5.74) is 0.697. The van der Waals surface area contributed by atoms with Crippen molar-refractivity contribution in [2.75, 3.05) is 26.2 Å². The van der Waals surface area contributed by atoms with Crippen LogP contribution < -0.4 is 5.32 Å². The van der Waals surface area contributed by atoms with Crippen LogP contribution in [0.1, 0.15) is 30.6 Å². The summed E-state index contributed by atoms with van der Waals surface area (Å²) in [4.78, 5) is 16.8. The van der Waals surface area contributed by atoms with Gasteiger partial charge in [0.1, 0.15) is 0 Å². The first-order valence-corrected chi connectivity index (χ1v) is 5.91. The minimum Gasteiger partial charge on any atom is -0.367 e. The van der Waals surface area contributed by atoms with Gasteiger partial charge in [-0.3, -0.25) is 4.79 Å². The van der Waals surface area contributed by atoms with E-state index in [4.69, 9.17) is 0 Å². The first kappa shape index (κ1) is 12.8. The van der Waals surface area contributed by atoms with Gasteiger partial charge in [0.05, 0.1) is 5.56 Å². The van der Waals surface area contributed by atoms with E-state index in [0.717, 1.165) is 32.6 Å². The molecule has 0 saturated heterocycles. The molecule has 0 bridgehead atoms. The van der Waals surface area contributed by atoms with E-state index in [9.17, 15) is 4.79 Å². The second-order valence-electron chi connectivity index (χ2n) is 3.74. The number of carbonyl (C=O) groups excluding carboxylic acids is 1. The Hall–Kier alpha value is -1.29. The Morgan fingerprint density at radius 2 is 2.19 bits per heavy atom. The molecule has 0 fully saturated rings. The molecule has 4 nitrogen and oxygen atoms in total. The molecule has 0 saturated carbocycles. The second kappa shape index (κ2) is 7.06. The number of hydrogen-bond acceptors (Lipinski definition) is 2. The number of nitrogens with one attached hydrogen (secondary N) is 2. The standard InChI is InChI=1S/C12H21N3O/c1-3-15(4-2)9-5-7-14-12(16)11-6-8-13-10-11/h6,8,10,13H,3-5,7,9H2,1-2H3,(H,14,16). The van der Waals surface area contributed by atoms with E-state index in [1.54, 1.807) is 18.5 Å². The molecule has 1 aromatic heterocycles. The van der Waals surface area contributed by atoms with Crippen molar-refractivity contribution in [3.05, 3.63) is 24.0 Å².